The summed E-state index contributed by atoms with van der Waals surface area (Å²) in [5.41, 5.74) is 0.910. The van der Waals surface area contributed by atoms with Crippen LogP contribution in [0.25, 0.3) is 0 Å². The second-order valence-electron chi connectivity index (χ2n) is 4.58. The lowest BCUT2D eigenvalue weighted by molar-refractivity contribution is 0.0130. The number of aryl methyl sites for hydroxylation is 1. The molecule has 0 aliphatic rings. The molecule has 2 N–H and O–H groups in total. The molecule has 1 rings (SSSR count). The van der Waals surface area contributed by atoms with Gasteiger partial charge in [0.25, 0.3) is 0 Å². The molecule has 0 aliphatic heterocycles. The molecule has 20 heavy (non-hydrogen) atoms. The molecule has 0 saturated carbocycles. The Kier molecular flexibility index (Phi) is 6.61. The lowest BCUT2D eigenvalue weighted by atomic mass is 10.0. The zero-order chi connectivity index (χ0) is 15.1. The van der Waals surface area contributed by atoms with Gasteiger partial charge in [0.05, 0.1) is 33.5 Å². The largest absolute Gasteiger partial charge is 0.493 e. The Bertz CT molecular complexity index is 419. The van der Waals surface area contributed by atoms with Gasteiger partial charge in [-0.3, -0.25) is 0 Å². The van der Waals surface area contributed by atoms with E-state index in [0.29, 0.717) is 36.5 Å². The van der Waals surface area contributed by atoms with Crippen LogP contribution in [-0.2, 0) is 6.42 Å². The lowest BCUT2D eigenvalue weighted by Crippen LogP contribution is -2.25. The van der Waals surface area contributed by atoms with Crippen molar-refractivity contribution < 1.29 is 24.4 Å². The Morgan fingerprint density at radius 3 is 2.10 bits per heavy atom. The highest BCUT2D eigenvalue weighted by Gasteiger charge is 2.18. The van der Waals surface area contributed by atoms with Crippen LogP contribution >= 0.6 is 0 Å². The summed E-state index contributed by atoms with van der Waals surface area (Å²) in [6, 6.07) is 3.69. The van der Waals surface area contributed by atoms with E-state index < -0.39 is 12.2 Å². The van der Waals surface area contributed by atoms with E-state index in [4.69, 9.17) is 14.2 Å². The first kappa shape index (κ1) is 16.6. The molecule has 0 amide bonds. The molecule has 5 nitrogen and oxygen atoms in total. The molecular formula is C15H24O5. The minimum atomic E-state index is -0.738. The molecule has 0 fully saturated rings. The summed E-state index contributed by atoms with van der Waals surface area (Å²) in [6.07, 6.45) is 0.145. The second-order valence-corrected chi connectivity index (χ2v) is 4.58. The van der Waals surface area contributed by atoms with Crippen LogP contribution < -0.4 is 14.2 Å². The van der Waals surface area contributed by atoms with Crippen molar-refractivity contribution in [2.24, 2.45) is 0 Å². The van der Waals surface area contributed by atoms with E-state index in [1.165, 1.54) is 0 Å². The van der Waals surface area contributed by atoms with E-state index in [0.717, 1.165) is 5.56 Å². The number of benzene rings is 1. The fourth-order valence-electron chi connectivity index (χ4n) is 2.13. The Morgan fingerprint density at radius 2 is 1.60 bits per heavy atom. The van der Waals surface area contributed by atoms with Gasteiger partial charge >= 0.3 is 0 Å². The van der Waals surface area contributed by atoms with Crippen LogP contribution in [0.4, 0.5) is 0 Å². The number of ether oxygens (including phenoxy) is 3. The summed E-state index contributed by atoms with van der Waals surface area (Å²) in [7, 11) is 4.69. The van der Waals surface area contributed by atoms with Gasteiger partial charge in [-0.1, -0.05) is 13.0 Å². The van der Waals surface area contributed by atoms with Gasteiger partial charge in [-0.2, -0.15) is 0 Å². The highest BCUT2D eigenvalue weighted by Crippen LogP contribution is 2.40. The van der Waals surface area contributed by atoms with Gasteiger partial charge in [0.15, 0.2) is 11.5 Å². The van der Waals surface area contributed by atoms with Gasteiger partial charge in [-0.25, -0.2) is 0 Å². The van der Waals surface area contributed by atoms with E-state index in [1.807, 2.05) is 13.0 Å². The molecule has 0 spiro atoms. The lowest BCUT2D eigenvalue weighted by Gasteiger charge is -2.18. The molecule has 1 aromatic rings. The summed E-state index contributed by atoms with van der Waals surface area (Å²) in [6.45, 7) is 1.84. The van der Waals surface area contributed by atoms with Crippen molar-refractivity contribution in [3.63, 3.8) is 0 Å². The molecule has 0 radical (unpaired) electrons. The SMILES string of the molecule is CCC(O)C(O)CCc1ccc(OC)c(OC)c1OC. The van der Waals surface area contributed by atoms with Crippen LogP contribution in [0, 0.1) is 0 Å². The highest BCUT2D eigenvalue weighted by molar-refractivity contribution is 5.55. The van der Waals surface area contributed by atoms with E-state index in [1.54, 1.807) is 27.4 Å². The maximum Gasteiger partial charge on any atom is 0.203 e. The van der Waals surface area contributed by atoms with Gasteiger partial charge in [-0.05, 0) is 30.9 Å². The van der Waals surface area contributed by atoms with E-state index in [-0.39, 0.29) is 0 Å². The van der Waals surface area contributed by atoms with Crippen LogP contribution in [0.3, 0.4) is 0 Å². The number of methoxy groups -OCH3 is 3. The van der Waals surface area contributed by atoms with Gasteiger partial charge in [0.1, 0.15) is 0 Å². The summed E-state index contributed by atoms with van der Waals surface area (Å²) in [5, 5.41) is 19.4. The molecule has 0 aromatic heterocycles. The number of hydrogen-bond donors (Lipinski definition) is 2. The average molecular weight is 284 g/mol. The molecule has 2 unspecified atom stereocenters. The third-order valence-corrected chi connectivity index (χ3v) is 3.36. The van der Waals surface area contributed by atoms with Gasteiger partial charge in [-0.15, -0.1) is 0 Å². The van der Waals surface area contributed by atoms with Gasteiger partial charge in [0.2, 0.25) is 5.75 Å². The fraction of sp³-hybridized carbons (Fsp3) is 0.600. The summed E-state index contributed by atoms with van der Waals surface area (Å²) < 4.78 is 15.9. The van der Waals surface area contributed by atoms with E-state index in [2.05, 4.69) is 0 Å². The van der Waals surface area contributed by atoms with Crippen LogP contribution in [0.15, 0.2) is 12.1 Å². The van der Waals surface area contributed by atoms with Crippen LogP contribution in [-0.4, -0.2) is 43.8 Å². The molecule has 0 heterocycles. The molecule has 5 heteroatoms. The average Bonchev–Trinajstić information content (AvgIpc) is 2.50. The monoisotopic (exact) mass is 284 g/mol. The molecule has 0 saturated heterocycles. The Labute approximate surface area is 120 Å². The number of aliphatic hydroxyl groups is 2. The normalized spacial score (nSPS) is 13.7. The minimum Gasteiger partial charge on any atom is -0.493 e. The smallest absolute Gasteiger partial charge is 0.203 e. The first-order chi connectivity index (χ1) is 9.58. The molecule has 114 valence electrons. The first-order valence-electron chi connectivity index (χ1n) is 6.72. The molecule has 2 atom stereocenters. The standard InChI is InChI=1S/C15H24O5/c1-5-11(16)12(17)8-6-10-7-9-13(18-2)15(20-4)14(10)19-3/h7,9,11-12,16-17H,5-6,8H2,1-4H3. The predicted molar refractivity (Wildman–Crippen MR) is 76.7 cm³/mol. The van der Waals surface area contributed by atoms with Crippen molar-refractivity contribution >= 4 is 0 Å². The maximum atomic E-state index is 9.82. The van der Waals surface area contributed by atoms with Gasteiger partial charge in [0, 0.05) is 0 Å². The fourth-order valence-corrected chi connectivity index (χ4v) is 2.13. The highest BCUT2D eigenvalue weighted by atomic mass is 16.5. The Balaban J connectivity index is 2.90. The summed E-state index contributed by atoms with van der Waals surface area (Å²) in [4.78, 5) is 0. The third kappa shape index (κ3) is 3.77. The Morgan fingerprint density at radius 1 is 0.950 bits per heavy atom. The topological polar surface area (TPSA) is 68.2 Å². The zero-order valence-electron chi connectivity index (χ0n) is 12.5. The Hall–Kier alpha value is -1.46. The van der Waals surface area contributed by atoms with Crippen LogP contribution in [0.5, 0.6) is 17.2 Å². The number of rotatable bonds is 8. The van der Waals surface area contributed by atoms with Crippen molar-refractivity contribution in [2.75, 3.05) is 21.3 Å². The summed E-state index contributed by atoms with van der Waals surface area (Å²) in [5.74, 6) is 1.74. The zero-order valence-corrected chi connectivity index (χ0v) is 12.5. The number of aliphatic hydroxyl groups excluding tert-OH is 2. The minimum absolute atomic E-state index is 0.459. The quantitative estimate of drug-likeness (QED) is 0.761. The third-order valence-electron chi connectivity index (χ3n) is 3.36. The van der Waals surface area contributed by atoms with Crippen molar-refractivity contribution in [3.05, 3.63) is 17.7 Å². The second kappa shape index (κ2) is 7.97. The van der Waals surface area contributed by atoms with Crippen molar-refractivity contribution in [1.82, 2.24) is 0 Å². The van der Waals surface area contributed by atoms with Crippen LogP contribution in [0.2, 0.25) is 0 Å². The molecule has 0 aliphatic carbocycles. The van der Waals surface area contributed by atoms with E-state index >= 15 is 0 Å². The maximum absolute atomic E-state index is 9.82. The predicted octanol–water partition coefficient (Wildman–Crippen LogP) is 1.78. The molecule has 1 aromatic carbocycles. The van der Waals surface area contributed by atoms with E-state index in [9.17, 15) is 10.2 Å². The molecule has 0 bridgehead atoms. The van der Waals surface area contributed by atoms with Crippen molar-refractivity contribution in [1.29, 1.82) is 0 Å². The van der Waals surface area contributed by atoms with Crippen LogP contribution in [0.1, 0.15) is 25.3 Å². The van der Waals surface area contributed by atoms with Crippen molar-refractivity contribution in [2.45, 2.75) is 38.4 Å². The molecular weight excluding hydrogens is 260 g/mol. The van der Waals surface area contributed by atoms with Crippen molar-refractivity contribution in [3.8, 4) is 17.2 Å². The number of hydrogen-bond acceptors (Lipinski definition) is 5. The first-order valence-corrected chi connectivity index (χ1v) is 6.72. The summed E-state index contributed by atoms with van der Waals surface area (Å²) >= 11 is 0. The van der Waals surface area contributed by atoms with Gasteiger partial charge < -0.3 is 24.4 Å².